The summed E-state index contributed by atoms with van der Waals surface area (Å²) in [7, 11) is 3.26. The zero-order valence-corrected chi connectivity index (χ0v) is 16.1. The van der Waals surface area contributed by atoms with Gasteiger partial charge in [-0.2, -0.15) is 0 Å². The number of rotatable bonds is 3. The minimum Gasteiger partial charge on any atom is -0.497 e. The number of carbonyl (C=O) groups excluding carboxylic acids is 1. The Morgan fingerprint density at radius 2 is 1.77 bits per heavy atom. The van der Waals surface area contributed by atoms with Crippen molar-refractivity contribution in [1.82, 2.24) is 0 Å². The molecular formula is C21H18BrNO3. The standard InChI is InChI=1S/C21H18BrNO3/c1-25-12-7-8-14(19(9-12)26-2)16-11-20(24)23-21-15-6-4-3-5-13(15)18(22)10-17(16)21/h3-10,16H,11H2,1-2H3,(H,23,24)/t16-/m1/s1. The molecule has 0 bridgehead atoms. The van der Waals surface area contributed by atoms with Crippen molar-refractivity contribution < 1.29 is 14.3 Å². The Kier molecular flexibility index (Phi) is 4.32. The van der Waals surface area contributed by atoms with Crippen molar-refractivity contribution in [2.45, 2.75) is 12.3 Å². The van der Waals surface area contributed by atoms with E-state index in [4.69, 9.17) is 9.47 Å². The number of hydrogen-bond acceptors (Lipinski definition) is 3. The quantitative estimate of drug-likeness (QED) is 0.652. The van der Waals surface area contributed by atoms with Gasteiger partial charge < -0.3 is 14.8 Å². The first-order chi connectivity index (χ1) is 12.6. The van der Waals surface area contributed by atoms with Crippen LogP contribution in [-0.4, -0.2) is 20.1 Å². The average Bonchev–Trinajstić information content (AvgIpc) is 2.68. The van der Waals surface area contributed by atoms with E-state index in [2.05, 4.69) is 27.3 Å². The minimum absolute atomic E-state index is 0.00727. The lowest BCUT2D eigenvalue weighted by Gasteiger charge is -2.29. The third kappa shape index (κ3) is 2.72. The summed E-state index contributed by atoms with van der Waals surface area (Å²) >= 11 is 3.69. The van der Waals surface area contributed by atoms with Crippen LogP contribution in [0.3, 0.4) is 0 Å². The van der Waals surface area contributed by atoms with Crippen LogP contribution in [0.5, 0.6) is 11.5 Å². The molecular weight excluding hydrogens is 394 g/mol. The number of carbonyl (C=O) groups is 1. The Balaban J connectivity index is 1.95. The molecule has 0 saturated carbocycles. The fraction of sp³-hybridized carbons (Fsp3) is 0.190. The van der Waals surface area contributed by atoms with Gasteiger partial charge in [-0.25, -0.2) is 0 Å². The number of methoxy groups -OCH3 is 2. The second-order valence-corrected chi connectivity index (χ2v) is 7.14. The Hall–Kier alpha value is -2.53. The highest BCUT2D eigenvalue weighted by atomic mass is 79.9. The van der Waals surface area contributed by atoms with E-state index in [1.807, 2.05) is 42.5 Å². The molecule has 1 aliphatic rings. The normalized spacial score (nSPS) is 16.1. The Morgan fingerprint density at radius 3 is 2.50 bits per heavy atom. The largest absolute Gasteiger partial charge is 0.497 e. The van der Waals surface area contributed by atoms with E-state index < -0.39 is 0 Å². The molecule has 5 heteroatoms. The van der Waals surface area contributed by atoms with E-state index in [-0.39, 0.29) is 11.8 Å². The summed E-state index contributed by atoms with van der Waals surface area (Å²) < 4.78 is 11.9. The highest BCUT2D eigenvalue weighted by Crippen LogP contribution is 2.46. The molecule has 132 valence electrons. The summed E-state index contributed by atoms with van der Waals surface area (Å²) in [5.74, 6) is 1.37. The second kappa shape index (κ2) is 6.65. The molecule has 0 aromatic heterocycles. The number of nitrogens with one attached hydrogen (secondary N) is 1. The van der Waals surface area contributed by atoms with Crippen LogP contribution in [0.15, 0.2) is 53.0 Å². The van der Waals surface area contributed by atoms with Gasteiger partial charge in [0.05, 0.1) is 19.9 Å². The van der Waals surface area contributed by atoms with Crippen molar-refractivity contribution in [3.63, 3.8) is 0 Å². The van der Waals surface area contributed by atoms with E-state index in [0.717, 1.165) is 43.6 Å². The SMILES string of the molecule is COc1ccc([C@H]2CC(=O)Nc3c2cc(Br)c2ccccc32)c(OC)c1. The Morgan fingerprint density at radius 1 is 1.00 bits per heavy atom. The van der Waals surface area contributed by atoms with Crippen molar-refractivity contribution in [1.29, 1.82) is 0 Å². The highest BCUT2D eigenvalue weighted by Gasteiger charge is 2.30. The Bertz CT molecular complexity index is 1020. The van der Waals surface area contributed by atoms with Crippen LogP contribution in [0.2, 0.25) is 0 Å². The van der Waals surface area contributed by atoms with Crippen molar-refractivity contribution >= 4 is 38.3 Å². The summed E-state index contributed by atoms with van der Waals surface area (Å²) in [4.78, 5) is 12.5. The molecule has 1 amide bonds. The first-order valence-corrected chi connectivity index (χ1v) is 9.14. The maximum absolute atomic E-state index is 12.5. The second-order valence-electron chi connectivity index (χ2n) is 6.28. The van der Waals surface area contributed by atoms with E-state index in [1.165, 1.54) is 0 Å². The predicted octanol–water partition coefficient (Wildman–Crippen LogP) is 5.09. The van der Waals surface area contributed by atoms with Crippen LogP contribution < -0.4 is 14.8 Å². The predicted molar refractivity (Wildman–Crippen MR) is 106 cm³/mol. The van der Waals surface area contributed by atoms with Gasteiger partial charge in [-0.3, -0.25) is 4.79 Å². The van der Waals surface area contributed by atoms with Gasteiger partial charge in [-0.1, -0.05) is 46.3 Å². The van der Waals surface area contributed by atoms with Gasteiger partial charge in [0, 0.05) is 33.8 Å². The van der Waals surface area contributed by atoms with Crippen molar-refractivity contribution in [3.05, 3.63) is 64.1 Å². The third-order valence-corrected chi connectivity index (χ3v) is 5.53. The smallest absolute Gasteiger partial charge is 0.225 e. The van der Waals surface area contributed by atoms with Gasteiger partial charge in [0.25, 0.3) is 0 Å². The molecule has 0 saturated heterocycles. The van der Waals surface area contributed by atoms with Crippen LogP contribution in [-0.2, 0) is 4.79 Å². The molecule has 3 aromatic carbocycles. The molecule has 0 aliphatic carbocycles. The number of hydrogen-bond donors (Lipinski definition) is 1. The minimum atomic E-state index is -0.0829. The van der Waals surface area contributed by atoms with E-state index in [9.17, 15) is 4.79 Å². The zero-order valence-electron chi connectivity index (χ0n) is 14.5. The van der Waals surface area contributed by atoms with Crippen LogP contribution in [0.1, 0.15) is 23.5 Å². The van der Waals surface area contributed by atoms with Crippen molar-refractivity contribution in [3.8, 4) is 11.5 Å². The zero-order chi connectivity index (χ0) is 18.3. The summed E-state index contributed by atoms with van der Waals surface area (Å²) in [5, 5.41) is 5.17. The molecule has 0 radical (unpaired) electrons. The molecule has 1 heterocycles. The van der Waals surface area contributed by atoms with Crippen molar-refractivity contribution in [2.75, 3.05) is 19.5 Å². The third-order valence-electron chi connectivity index (χ3n) is 4.87. The van der Waals surface area contributed by atoms with Gasteiger partial charge in [-0.15, -0.1) is 0 Å². The molecule has 0 spiro atoms. The summed E-state index contributed by atoms with van der Waals surface area (Å²) in [6.45, 7) is 0. The van der Waals surface area contributed by atoms with E-state index >= 15 is 0 Å². The molecule has 0 fully saturated rings. The van der Waals surface area contributed by atoms with Gasteiger partial charge in [0.2, 0.25) is 5.91 Å². The van der Waals surface area contributed by atoms with Crippen LogP contribution >= 0.6 is 15.9 Å². The van der Waals surface area contributed by atoms with Crippen LogP contribution in [0.25, 0.3) is 10.8 Å². The number of anilines is 1. The van der Waals surface area contributed by atoms with Gasteiger partial charge >= 0.3 is 0 Å². The monoisotopic (exact) mass is 411 g/mol. The maximum atomic E-state index is 12.5. The summed E-state index contributed by atoms with van der Waals surface area (Å²) in [6, 6.07) is 15.9. The maximum Gasteiger partial charge on any atom is 0.225 e. The number of fused-ring (bicyclic) bond motifs is 3. The number of halogens is 1. The first-order valence-electron chi connectivity index (χ1n) is 8.35. The van der Waals surface area contributed by atoms with Gasteiger partial charge in [-0.05, 0) is 23.1 Å². The molecule has 4 rings (SSSR count). The lowest BCUT2D eigenvalue weighted by atomic mass is 9.83. The fourth-order valence-electron chi connectivity index (χ4n) is 3.64. The van der Waals surface area contributed by atoms with E-state index in [1.54, 1.807) is 14.2 Å². The molecule has 26 heavy (non-hydrogen) atoms. The molecule has 3 aromatic rings. The number of benzene rings is 3. The molecule has 0 unspecified atom stereocenters. The lowest BCUT2D eigenvalue weighted by Crippen LogP contribution is -2.24. The highest BCUT2D eigenvalue weighted by molar-refractivity contribution is 9.10. The van der Waals surface area contributed by atoms with Gasteiger partial charge in [0.1, 0.15) is 11.5 Å². The van der Waals surface area contributed by atoms with Gasteiger partial charge in [0.15, 0.2) is 0 Å². The van der Waals surface area contributed by atoms with Crippen LogP contribution in [0, 0.1) is 0 Å². The number of amides is 1. The lowest BCUT2D eigenvalue weighted by molar-refractivity contribution is -0.116. The topological polar surface area (TPSA) is 47.6 Å². The molecule has 1 atom stereocenters. The number of ether oxygens (including phenoxy) is 2. The van der Waals surface area contributed by atoms with Crippen molar-refractivity contribution in [2.24, 2.45) is 0 Å². The molecule has 1 N–H and O–H groups in total. The average molecular weight is 412 g/mol. The van der Waals surface area contributed by atoms with E-state index in [0.29, 0.717) is 6.42 Å². The summed E-state index contributed by atoms with van der Waals surface area (Å²) in [5.41, 5.74) is 2.94. The molecule has 1 aliphatic heterocycles. The molecule has 4 nitrogen and oxygen atoms in total. The van der Waals surface area contributed by atoms with Crippen LogP contribution in [0.4, 0.5) is 5.69 Å². The first kappa shape index (κ1) is 16.9. The fourth-order valence-corrected chi connectivity index (χ4v) is 4.23. The Labute approximate surface area is 160 Å². The summed E-state index contributed by atoms with van der Waals surface area (Å²) in [6.07, 6.45) is 0.375.